The van der Waals surface area contributed by atoms with E-state index in [0.29, 0.717) is 22.4 Å². The van der Waals surface area contributed by atoms with Crippen LogP contribution in [-0.2, 0) is 0 Å². The zero-order chi connectivity index (χ0) is 16.2. The number of hydrogen-bond donors (Lipinski definition) is 1. The fourth-order valence-corrected chi connectivity index (χ4v) is 2.01. The lowest BCUT2D eigenvalue weighted by atomic mass is 10.2. The van der Waals surface area contributed by atoms with Crippen LogP contribution in [0.1, 0.15) is 20.7 Å². The van der Waals surface area contributed by atoms with E-state index >= 15 is 0 Å². The number of aromatic carboxylic acids is 1. The molecule has 4 aromatic heterocycles. The van der Waals surface area contributed by atoms with Crippen molar-refractivity contribution < 1.29 is 23.5 Å². The van der Waals surface area contributed by atoms with Gasteiger partial charge in [-0.1, -0.05) is 0 Å². The summed E-state index contributed by atoms with van der Waals surface area (Å²) in [6.07, 6.45) is 6.54. The first-order chi connectivity index (χ1) is 11.2. The molecule has 1 N–H and O–H groups in total. The van der Waals surface area contributed by atoms with Crippen LogP contribution in [0.2, 0.25) is 0 Å². The van der Waals surface area contributed by atoms with Gasteiger partial charge in [-0.2, -0.15) is 0 Å². The van der Waals surface area contributed by atoms with Gasteiger partial charge in [-0.15, -0.1) is 0 Å². The van der Waals surface area contributed by atoms with Crippen molar-refractivity contribution in [2.45, 2.75) is 0 Å². The molecule has 4 rings (SSSR count). The maximum Gasteiger partial charge on any atom is 0.339 e. The minimum atomic E-state index is -0.998. The minimum Gasteiger partial charge on any atom is -0.478 e. The highest BCUT2D eigenvalue weighted by Crippen LogP contribution is 2.18. The maximum atomic E-state index is 10.6. The number of aromatic nitrogens is 2. The van der Waals surface area contributed by atoms with Crippen LogP contribution in [0.5, 0.6) is 0 Å². The molecule has 7 heteroatoms. The Morgan fingerprint density at radius 2 is 1.61 bits per heavy atom. The second kappa shape index (κ2) is 6.10. The van der Waals surface area contributed by atoms with Crippen LogP contribution in [-0.4, -0.2) is 27.3 Å². The van der Waals surface area contributed by atoms with Gasteiger partial charge in [-0.05, 0) is 24.3 Å². The summed E-state index contributed by atoms with van der Waals surface area (Å²) in [6, 6.07) is 6.90. The Labute approximate surface area is 129 Å². The number of carbonyl (C=O) groups excluding carboxylic acids is 1. The highest BCUT2D eigenvalue weighted by Gasteiger charge is 2.11. The van der Waals surface area contributed by atoms with E-state index < -0.39 is 5.97 Å². The molecule has 0 aliphatic heterocycles. The molecule has 23 heavy (non-hydrogen) atoms. The fraction of sp³-hybridized carbons (Fsp3) is 0. The number of carbonyl (C=O) groups is 2. The summed E-state index contributed by atoms with van der Waals surface area (Å²) in [5.74, 6) is -0.998. The number of carboxylic acid groups (broad SMARTS) is 1. The molecule has 0 spiro atoms. The van der Waals surface area contributed by atoms with E-state index in [-0.39, 0.29) is 5.56 Å². The van der Waals surface area contributed by atoms with Crippen molar-refractivity contribution >= 4 is 34.5 Å². The number of aldehydes is 1. The van der Waals surface area contributed by atoms with Gasteiger partial charge in [0, 0.05) is 12.4 Å². The van der Waals surface area contributed by atoms with Gasteiger partial charge in [0.2, 0.25) is 11.4 Å². The average molecular weight is 310 g/mol. The molecule has 4 heterocycles. The largest absolute Gasteiger partial charge is 0.478 e. The predicted octanol–water partition coefficient (Wildman–Crippen LogP) is 3.17. The Morgan fingerprint density at radius 1 is 1.00 bits per heavy atom. The summed E-state index contributed by atoms with van der Waals surface area (Å²) >= 11 is 0. The van der Waals surface area contributed by atoms with Crippen molar-refractivity contribution in [2.75, 3.05) is 0 Å². The summed E-state index contributed by atoms with van der Waals surface area (Å²) < 4.78 is 9.92. The SMILES string of the molecule is O=C(O)c1coc2ncccc12.O=Cc1coc2ncccc12. The molecule has 4 aromatic rings. The molecular weight excluding hydrogens is 300 g/mol. The predicted molar refractivity (Wildman–Crippen MR) is 80.4 cm³/mol. The van der Waals surface area contributed by atoms with Crippen LogP contribution in [0.4, 0.5) is 0 Å². The standard InChI is InChI=1S/C8H5NO3.C8H5NO2/c10-8(11)6-4-12-7-5(6)2-1-3-9-7;10-4-6-5-11-8-7(6)2-1-3-9-8/h1-4H,(H,10,11);1-5H. The molecule has 0 atom stereocenters. The van der Waals surface area contributed by atoms with E-state index in [2.05, 4.69) is 9.97 Å². The summed E-state index contributed by atoms with van der Waals surface area (Å²) in [4.78, 5) is 28.8. The quantitative estimate of drug-likeness (QED) is 0.567. The van der Waals surface area contributed by atoms with Crippen LogP contribution in [0.3, 0.4) is 0 Å². The Hall–Kier alpha value is -3.48. The van der Waals surface area contributed by atoms with Crippen molar-refractivity contribution in [1.29, 1.82) is 0 Å². The number of furan rings is 2. The van der Waals surface area contributed by atoms with Crippen LogP contribution in [0.15, 0.2) is 58.0 Å². The van der Waals surface area contributed by atoms with Crippen LogP contribution < -0.4 is 0 Å². The molecule has 0 fully saturated rings. The molecule has 0 aliphatic rings. The molecule has 0 saturated heterocycles. The summed E-state index contributed by atoms with van der Waals surface area (Å²) in [5, 5.41) is 9.98. The molecule has 0 radical (unpaired) electrons. The van der Waals surface area contributed by atoms with Crippen molar-refractivity contribution in [3.63, 3.8) is 0 Å². The van der Waals surface area contributed by atoms with Crippen molar-refractivity contribution in [3.8, 4) is 0 Å². The lowest BCUT2D eigenvalue weighted by Crippen LogP contribution is -1.93. The van der Waals surface area contributed by atoms with Gasteiger partial charge in [-0.3, -0.25) is 4.79 Å². The molecule has 114 valence electrons. The third kappa shape index (κ3) is 2.80. The molecule has 0 saturated carbocycles. The molecule has 0 unspecified atom stereocenters. The molecule has 0 amide bonds. The van der Waals surface area contributed by atoms with E-state index in [1.807, 2.05) is 0 Å². The van der Waals surface area contributed by atoms with Crippen LogP contribution >= 0.6 is 0 Å². The number of rotatable bonds is 2. The second-order valence-corrected chi connectivity index (χ2v) is 4.48. The second-order valence-electron chi connectivity index (χ2n) is 4.48. The maximum absolute atomic E-state index is 10.6. The number of hydrogen-bond acceptors (Lipinski definition) is 6. The van der Waals surface area contributed by atoms with Crippen LogP contribution in [0, 0.1) is 0 Å². The van der Waals surface area contributed by atoms with Gasteiger partial charge >= 0.3 is 5.97 Å². The Morgan fingerprint density at radius 3 is 2.26 bits per heavy atom. The number of pyridine rings is 2. The molecule has 0 aromatic carbocycles. The first kappa shape index (κ1) is 14.5. The zero-order valence-corrected chi connectivity index (χ0v) is 11.7. The van der Waals surface area contributed by atoms with E-state index in [1.165, 1.54) is 12.5 Å². The van der Waals surface area contributed by atoms with Gasteiger partial charge in [0.1, 0.15) is 18.1 Å². The van der Waals surface area contributed by atoms with Gasteiger partial charge in [0.25, 0.3) is 0 Å². The molecular formula is C16H10N2O5. The Balaban J connectivity index is 0.000000136. The highest BCUT2D eigenvalue weighted by atomic mass is 16.4. The normalized spacial score (nSPS) is 10.3. The smallest absolute Gasteiger partial charge is 0.339 e. The van der Waals surface area contributed by atoms with E-state index in [4.69, 9.17) is 13.9 Å². The zero-order valence-electron chi connectivity index (χ0n) is 11.7. The third-order valence-corrected chi connectivity index (χ3v) is 3.09. The van der Waals surface area contributed by atoms with Crippen molar-refractivity contribution in [2.24, 2.45) is 0 Å². The average Bonchev–Trinajstić information content (AvgIpc) is 3.19. The fourth-order valence-electron chi connectivity index (χ4n) is 2.01. The van der Waals surface area contributed by atoms with Crippen molar-refractivity contribution in [3.05, 3.63) is 60.3 Å². The molecule has 0 aliphatic carbocycles. The Bertz CT molecular complexity index is 986. The molecule has 0 bridgehead atoms. The first-order valence-electron chi connectivity index (χ1n) is 6.53. The van der Waals surface area contributed by atoms with Gasteiger partial charge < -0.3 is 13.9 Å². The monoisotopic (exact) mass is 310 g/mol. The number of fused-ring (bicyclic) bond motifs is 2. The summed E-state index contributed by atoms with van der Waals surface area (Å²) in [7, 11) is 0. The van der Waals surface area contributed by atoms with Gasteiger partial charge in [0.05, 0.1) is 16.3 Å². The first-order valence-corrected chi connectivity index (χ1v) is 6.53. The van der Waals surface area contributed by atoms with Crippen LogP contribution in [0.25, 0.3) is 22.2 Å². The Kier molecular flexibility index (Phi) is 3.84. The molecule has 7 nitrogen and oxygen atoms in total. The van der Waals surface area contributed by atoms with E-state index in [9.17, 15) is 9.59 Å². The van der Waals surface area contributed by atoms with E-state index in [0.717, 1.165) is 11.7 Å². The van der Waals surface area contributed by atoms with E-state index in [1.54, 1.807) is 36.7 Å². The van der Waals surface area contributed by atoms with Gasteiger partial charge in [0.15, 0.2) is 6.29 Å². The number of carboxylic acids is 1. The summed E-state index contributed by atoms with van der Waals surface area (Å²) in [6.45, 7) is 0. The summed E-state index contributed by atoms with van der Waals surface area (Å²) in [5.41, 5.74) is 1.57. The lowest BCUT2D eigenvalue weighted by Gasteiger charge is -1.86. The lowest BCUT2D eigenvalue weighted by molar-refractivity contribution is 0.0698. The number of nitrogens with zero attached hydrogens (tertiary/aromatic N) is 2. The minimum absolute atomic E-state index is 0.151. The van der Waals surface area contributed by atoms with Gasteiger partial charge in [-0.25, -0.2) is 14.8 Å². The highest BCUT2D eigenvalue weighted by molar-refractivity contribution is 6.01. The topological polar surface area (TPSA) is 106 Å². The van der Waals surface area contributed by atoms with Crippen molar-refractivity contribution in [1.82, 2.24) is 9.97 Å². The third-order valence-electron chi connectivity index (χ3n) is 3.09.